The second kappa shape index (κ2) is 4.64. The molecular formula is C11H20O. The van der Waals surface area contributed by atoms with Crippen molar-refractivity contribution in [1.82, 2.24) is 0 Å². The van der Waals surface area contributed by atoms with Crippen LogP contribution in [0.3, 0.4) is 0 Å². The fraction of sp³-hybridized carbons (Fsp3) is 0.909. The summed E-state index contributed by atoms with van der Waals surface area (Å²) in [4.78, 5) is 11.4. The van der Waals surface area contributed by atoms with Gasteiger partial charge >= 0.3 is 0 Å². The summed E-state index contributed by atoms with van der Waals surface area (Å²) < 4.78 is 0. The molecule has 70 valence electrons. The van der Waals surface area contributed by atoms with E-state index in [9.17, 15) is 4.79 Å². The van der Waals surface area contributed by atoms with Crippen LogP contribution in [0, 0.1) is 11.8 Å². The van der Waals surface area contributed by atoms with Gasteiger partial charge in [-0.2, -0.15) is 0 Å². The van der Waals surface area contributed by atoms with Crippen molar-refractivity contribution in [3.63, 3.8) is 0 Å². The lowest BCUT2D eigenvalue weighted by atomic mass is 9.79. The summed E-state index contributed by atoms with van der Waals surface area (Å²) in [7, 11) is 0. The van der Waals surface area contributed by atoms with Gasteiger partial charge in [-0.3, -0.25) is 4.79 Å². The molecule has 2 unspecified atom stereocenters. The summed E-state index contributed by atoms with van der Waals surface area (Å²) in [6, 6.07) is 0. The van der Waals surface area contributed by atoms with Crippen LogP contribution in [0.1, 0.15) is 52.4 Å². The Hall–Kier alpha value is -0.330. The van der Waals surface area contributed by atoms with Crippen LogP contribution in [0.15, 0.2) is 0 Å². The molecule has 0 amide bonds. The Morgan fingerprint density at radius 1 is 1.50 bits per heavy atom. The first-order valence-electron chi connectivity index (χ1n) is 5.26. The topological polar surface area (TPSA) is 17.1 Å². The molecule has 0 aromatic heterocycles. The molecule has 0 N–H and O–H groups in total. The lowest BCUT2D eigenvalue weighted by Crippen LogP contribution is -2.23. The van der Waals surface area contributed by atoms with Gasteiger partial charge in [-0.1, -0.05) is 26.7 Å². The van der Waals surface area contributed by atoms with E-state index >= 15 is 0 Å². The first-order valence-corrected chi connectivity index (χ1v) is 5.26. The molecule has 0 saturated heterocycles. The maximum atomic E-state index is 11.4. The fourth-order valence-corrected chi connectivity index (χ4v) is 2.06. The SMILES string of the molecule is CCCCC1CC(C)CCC1=O. The molecule has 1 fully saturated rings. The molecule has 0 aromatic rings. The van der Waals surface area contributed by atoms with Crippen molar-refractivity contribution in [2.75, 3.05) is 0 Å². The smallest absolute Gasteiger partial charge is 0.135 e. The number of hydrogen-bond acceptors (Lipinski definition) is 1. The summed E-state index contributed by atoms with van der Waals surface area (Å²) in [5, 5.41) is 0. The standard InChI is InChI=1S/C11H20O/c1-3-4-5-10-8-9(2)6-7-11(10)12/h9-10H,3-8H2,1-2H3. The quantitative estimate of drug-likeness (QED) is 0.632. The van der Waals surface area contributed by atoms with Gasteiger partial charge in [-0.25, -0.2) is 0 Å². The van der Waals surface area contributed by atoms with Crippen LogP contribution in [-0.4, -0.2) is 5.78 Å². The normalized spacial score (nSPS) is 30.7. The number of Topliss-reactive ketones (excluding diaryl/α,β-unsaturated/α-hetero) is 1. The van der Waals surface area contributed by atoms with E-state index in [1.807, 2.05) is 0 Å². The van der Waals surface area contributed by atoms with E-state index in [2.05, 4.69) is 13.8 Å². The Kier molecular flexibility index (Phi) is 3.77. The van der Waals surface area contributed by atoms with Gasteiger partial charge in [0.25, 0.3) is 0 Å². The van der Waals surface area contributed by atoms with Crippen molar-refractivity contribution < 1.29 is 4.79 Å². The van der Waals surface area contributed by atoms with Crippen LogP contribution in [0.5, 0.6) is 0 Å². The molecule has 0 bridgehead atoms. The van der Waals surface area contributed by atoms with E-state index < -0.39 is 0 Å². The van der Waals surface area contributed by atoms with Gasteiger partial charge in [0.05, 0.1) is 0 Å². The monoisotopic (exact) mass is 168 g/mol. The second-order valence-corrected chi connectivity index (χ2v) is 4.19. The van der Waals surface area contributed by atoms with E-state index in [1.165, 1.54) is 12.8 Å². The van der Waals surface area contributed by atoms with Crippen LogP contribution in [-0.2, 0) is 4.79 Å². The molecule has 0 aliphatic heterocycles. The van der Waals surface area contributed by atoms with Gasteiger partial charge < -0.3 is 0 Å². The summed E-state index contributed by atoms with van der Waals surface area (Å²) in [5.74, 6) is 1.72. The molecular weight excluding hydrogens is 148 g/mol. The molecule has 2 atom stereocenters. The van der Waals surface area contributed by atoms with Crippen LogP contribution >= 0.6 is 0 Å². The molecule has 0 radical (unpaired) electrons. The molecule has 12 heavy (non-hydrogen) atoms. The zero-order valence-electron chi connectivity index (χ0n) is 8.31. The molecule has 0 spiro atoms. The minimum atomic E-state index is 0.411. The van der Waals surface area contributed by atoms with Crippen molar-refractivity contribution in [1.29, 1.82) is 0 Å². The minimum absolute atomic E-state index is 0.411. The predicted molar refractivity (Wildman–Crippen MR) is 51.0 cm³/mol. The number of hydrogen-bond donors (Lipinski definition) is 0. The van der Waals surface area contributed by atoms with Crippen molar-refractivity contribution in [2.45, 2.75) is 52.4 Å². The lowest BCUT2D eigenvalue weighted by Gasteiger charge is -2.25. The van der Waals surface area contributed by atoms with Crippen molar-refractivity contribution in [3.05, 3.63) is 0 Å². The maximum absolute atomic E-state index is 11.4. The maximum Gasteiger partial charge on any atom is 0.135 e. The largest absolute Gasteiger partial charge is 0.299 e. The number of unbranched alkanes of at least 4 members (excludes halogenated alkanes) is 1. The van der Waals surface area contributed by atoms with E-state index in [1.54, 1.807) is 0 Å². The van der Waals surface area contributed by atoms with Gasteiger partial charge in [0.2, 0.25) is 0 Å². The van der Waals surface area contributed by atoms with E-state index in [0.717, 1.165) is 31.6 Å². The molecule has 0 heterocycles. The van der Waals surface area contributed by atoms with E-state index in [0.29, 0.717) is 11.7 Å². The Morgan fingerprint density at radius 2 is 2.25 bits per heavy atom. The highest BCUT2D eigenvalue weighted by Gasteiger charge is 2.25. The van der Waals surface area contributed by atoms with E-state index in [-0.39, 0.29) is 0 Å². The summed E-state index contributed by atoms with van der Waals surface area (Å²) in [5.41, 5.74) is 0. The molecule has 0 aromatic carbocycles. The Morgan fingerprint density at radius 3 is 2.92 bits per heavy atom. The third-order valence-corrected chi connectivity index (χ3v) is 2.93. The highest BCUT2D eigenvalue weighted by Crippen LogP contribution is 2.29. The Balaban J connectivity index is 2.33. The Bertz CT molecular complexity index is 151. The Labute approximate surface area is 75.5 Å². The van der Waals surface area contributed by atoms with Gasteiger partial charge in [-0.05, 0) is 25.2 Å². The highest BCUT2D eigenvalue weighted by atomic mass is 16.1. The van der Waals surface area contributed by atoms with Crippen LogP contribution in [0.25, 0.3) is 0 Å². The minimum Gasteiger partial charge on any atom is -0.299 e. The van der Waals surface area contributed by atoms with Crippen LogP contribution in [0.2, 0.25) is 0 Å². The van der Waals surface area contributed by atoms with Crippen molar-refractivity contribution in [3.8, 4) is 0 Å². The number of carbonyl (C=O) groups excluding carboxylic acids is 1. The van der Waals surface area contributed by atoms with Gasteiger partial charge in [0, 0.05) is 12.3 Å². The predicted octanol–water partition coefficient (Wildman–Crippen LogP) is 3.18. The number of carbonyl (C=O) groups is 1. The molecule has 1 saturated carbocycles. The average molecular weight is 168 g/mol. The third-order valence-electron chi connectivity index (χ3n) is 2.93. The molecule has 1 nitrogen and oxygen atoms in total. The summed E-state index contributed by atoms with van der Waals surface area (Å²) in [6.45, 7) is 4.46. The fourth-order valence-electron chi connectivity index (χ4n) is 2.06. The van der Waals surface area contributed by atoms with Crippen LogP contribution in [0.4, 0.5) is 0 Å². The van der Waals surface area contributed by atoms with Crippen LogP contribution < -0.4 is 0 Å². The number of ketones is 1. The first kappa shape index (κ1) is 9.76. The summed E-state index contributed by atoms with van der Waals surface area (Å²) in [6.07, 6.45) is 6.71. The van der Waals surface area contributed by atoms with Gasteiger partial charge in [0.15, 0.2) is 0 Å². The first-order chi connectivity index (χ1) is 5.74. The zero-order valence-corrected chi connectivity index (χ0v) is 8.31. The third kappa shape index (κ3) is 2.62. The van der Waals surface area contributed by atoms with Crippen molar-refractivity contribution in [2.24, 2.45) is 11.8 Å². The lowest BCUT2D eigenvalue weighted by molar-refractivity contribution is -0.125. The average Bonchev–Trinajstić information content (AvgIpc) is 2.07. The van der Waals surface area contributed by atoms with Crippen molar-refractivity contribution >= 4 is 5.78 Å². The molecule has 1 rings (SSSR count). The molecule has 1 aliphatic carbocycles. The molecule has 1 aliphatic rings. The highest BCUT2D eigenvalue weighted by molar-refractivity contribution is 5.81. The van der Waals surface area contributed by atoms with Gasteiger partial charge in [-0.15, -0.1) is 0 Å². The molecule has 1 heteroatoms. The van der Waals surface area contributed by atoms with E-state index in [4.69, 9.17) is 0 Å². The zero-order chi connectivity index (χ0) is 8.97. The van der Waals surface area contributed by atoms with Gasteiger partial charge in [0.1, 0.15) is 5.78 Å². The second-order valence-electron chi connectivity index (χ2n) is 4.19. The number of rotatable bonds is 3. The summed E-state index contributed by atoms with van der Waals surface area (Å²) >= 11 is 0.